The number of nitrogens with zero attached hydrogens (tertiary/aromatic N) is 1. The van der Waals surface area contributed by atoms with E-state index in [1.807, 2.05) is 13.8 Å². The van der Waals surface area contributed by atoms with Crippen LogP contribution in [-0.4, -0.2) is 23.7 Å². The Morgan fingerprint density at radius 3 is 2.91 bits per heavy atom. The number of oxime groups is 1. The molecule has 0 saturated heterocycles. The lowest BCUT2D eigenvalue weighted by Crippen LogP contribution is -2.35. The van der Waals surface area contributed by atoms with Gasteiger partial charge >= 0.3 is 0 Å². The lowest BCUT2D eigenvalue weighted by atomic mass is 10.5. The fourth-order valence-electron chi connectivity index (χ4n) is 0.640. The molecule has 0 amide bonds. The van der Waals surface area contributed by atoms with E-state index >= 15 is 0 Å². The summed E-state index contributed by atoms with van der Waals surface area (Å²) in [7, 11) is 0. The van der Waals surface area contributed by atoms with Gasteiger partial charge in [0.25, 0.3) is 5.17 Å². The molecule has 1 N–H and O–H groups in total. The van der Waals surface area contributed by atoms with Gasteiger partial charge in [-0.1, -0.05) is 0 Å². The molecule has 0 aliphatic carbocycles. The average Bonchev–Trinajstić information content (AvgIpc) is 1.93. The van der Waals surface area contributed by atoms with Gasteiger partial charge in [0, 0.05) is 0 Å². The Morgan fingerprint density at radius 1 is 1.73 bits per heavy atom. The molecular formula is C6H10N2O2S. The smallest absolute Gasteiger partial charge is 0.289 e. The second-order valence-electron chi connectivity index (χ2n) is 2.38. The van der Waals surface area contributed by atoms with Gasteiger partial charge in [0.05, 0.1) is 12.6 Å². The van der Waals surface area contributed by atoms with Gasteiger partial charge in [0.15, 0.2) is 0 Å². The summed E-state index contributed by atoms with van der Waals surface area (Å²) in [5, 5.41) is 6.72. The van der Waals surface area contributed by atoms with Crippen molar-refractivity contribution in [2.75, 3.05) is 6.54 Å². The quantitative estimate of drug-likeness (QED) is 0.592. The highest BCUT2D eigenvalue weighted by Gasteiger charge is 2.11. The minimum absolute atomic E-state index is 0.117. The summed E-state index contributed by atoms with van der Waals surface area (Å²) in [4.78, 5) is 4.67. The first-order valence-electron chi connectivity index (χ1n) is 3.37. The summed E-state index contributed by atoms with van der Waals surface area (Å²) >= 11 is 4.68. The molecule has 0 bridgehead atoms. The van der Waals surface area contributed by atoms with Crippen molar-refractivity contribution >= 4 is 23.3 Å². The monoisotopic (exact) mass is 174 g/mol. The number of nitrogens with one attached hydrogen (secondary N) is 1. The van der Waals surface area contributed by atoms with E-state index in [1.54, 1.807) is 0 Å². The molecule has 0 spiro atoms. The van der Waals surface area contributed by atoms with Crippen LogP contribution in [-0.2, 0) is 9.57 Å². The van der Waals surface area contributed by atoms with Crippen LogP contribution in [0.2, 0.25) is 0 Å². The van der Waals surface area contributed by atoms with Crippen molar-refractivity contribution in [1.82, 2.24) is 5.32 Å². The molecule has 0 radical (unpaired) electrons. The summed E-state index contributed by atoms with van der Waals surface area (Å²) < 4.78 is 5.24. The number of ether oxygens (including phenoxy) is 1. The van der Waals surface area contributed by atoms with Gasteiger partial charge in [-0.05, 0) is 31.2 Å². The molecule has 4 nitrogen and oxygen atoms in total. The predicted octanol–water partition coefficient (Wildman–Crippen LogP) is 0.630. The van der Waals surface area contributed by atoms with Crippen LogP contribution in [0.25, 0.3) is 0 Å². The van der Waals surface area contributed by atoms with Crippen molar-refractivity contribution in [3.63, 3.8) is 0 Å². The molecule has 0 aromatic rings. The first-order chi connectivity index (χ1) is 5.18. The standard InChI is InChI=1S/C6H10N2O2S/c1-4(2)9-5-3-7-6(11)10-8-5/h4H,3H2,1-2H3,(H,7,11). The molecule has 62 valence electrons. The molecular weight excluding hydrogens is 164 g/mol. The second kappa shape index (κ2) is 3.52. The van der Waals surface area contributed by atoms with E-state index in [0.29, 0.717) is 17.6 Å². The maximum Gasteiger partial charge on any atom is 0.289 e. The summed E-state index contributed by atoms with van der Waals surface area (Å²) in [6, 6.07) is 0. The van der Waals surface area contributed by atoms with Gasteiger partial charge in [-0.25, -0.2) is 0 Å². The van der Waals surface area contributed by atoms with Crippen LogP contribution in [0.1, 0.15) is 13.8 Å². The molecule has 0 aromatic heterocycles. The lowest BCUT2D eigenvalue weighted by Gasteiger charge is -2.16. The van der Waals surface area contributed by atoms with E-state index in [1.165, 1.54) is 0 Å². The number of rotatable bonds is 1. The zero-order valence-electron chi connectivity index (χ0n) is 6.46. The van der Waals surface area contributed by atoms with Crippen LogP contribution in [0.3, 0.4) is 0 Å². The molecule has 0 aromatic carbocycles. The van der Waals surface area contributed by atoms with E-state index in [9.17, 15) is 0 Å². The Hall–Kier alpha value is -0.840. The third kappa shape index (κ3) is 2.71. The van der Waals surface area contributed by atoms with Gasteiger partial charge in [0.1, 0.15) is 0 Å². The van der Waals surface area contributed by atoms with Gasteiger partial charge in [-0.2, -0.15) is 0 Å². The fraction of sp³-hybridized carbons (Fsp3) is 0.667. The summed E-state index contributed by atoms with van der Waals surface area (Å²) in [6.45, 7) is 4.36. The van der Waals surface area contributed by atoms with Crippen LogP contribution in [0.4, 0.5) is 0 Å². The molecule has 5 heteroatoms. The van der Waals surface area contributed by atoms with E-state index in [2.05, 4.69) is 27.5 Å². The van der Waals surface area contributed by atoms with Crippen LogP contribution >= 0.6 is 12.2 Å². The first kappa shape index (κ1) is 8.26. The Bertz CT molecular complexity index is 191. The molecule has 0 fully saturated rings. The van der Waals surface area contributed by atoms with Crippen LogP contribution in [0, 0.1) is 0 Å². The molecule has 1 aliphatic heterocycles. The largest absolute Gasteiger partial charge is 0.475 e. The molecule has 1 heterocycles. The van der Waals surface area contributed by atoms with Crippen LogP contribution < -0.4 is 5.32 Å². The Labute approximate surface area is 70.5 Å². The third-order valence-electron chi connectivity index (χ3n) is 0.986. The van der Waals surface area contributed by atoms with Crippen molar-refractivity contribution in [3.8, 4) is 0 Å². The normalized spacial score (nSPS) is 17.0. The Balaban J connectivity index is 2.41. The predicted molar refractivity (Wildman–Crippen MR) is 45.3 cm³/mol. The maximum absolute atomic E-state index is 5.24. The highest BCUT2D eigenvalue weighted by Crippen LogP contribution is 1.96. The van der Waals surface area contributed by atoms with E-state index in [0.717, 1.165) is 0 Å². The van der Waals surface area contributed by atoms with Crippen molar-refractivity contribution in [3.05, 3.63) is 0 Å². The molecule has 0 unspecified atom stereocenters. The van der Waals surface area contributed by atoms with Gasteiger partial charge in [-0.3, -0.25) is 0 Å². The molecule has 0 saturated carbocycles. The summed E-state index contributed by atoms with van der Waals surface area (Å²) in [6.07, 6.45) is 0.117. The first-order valence-corrected chi connectivity index (χ1v) is 3.77. The molecule has 0 atom stereocenters. The zero-order chi connectivity index (χ0) is 8.27. The highest BCUT2D eigenvalue weighted by molar-refractivity contribution is 7.80. The number of hydrogen-bond donors (Lipinski definition) is 1. The second-order valence-corrected chi connectivity index (χ2v) is 2.75. The Kier molecular flexibility index (Phi) is 2.64. The molecule has 1 rings (SSSR count). The molecule has 11 heavy (non-hydrogen) atoms. The van der Waals surface area contributed by atoms with Crippen molar-refractivity contribution in [2.24, 2.45) is 5.16 Å². The minimum atomic E-state index is 0.117. The van der Waals surface area contributed by atoms with Crippen molar-refractivity contribution < 1.29 is 9.57 Å². The topological polar surface area (TPSA) is 42.9 Å². The summed E-state index contributed by atoms with van der Waals surface area (Å²) in [5.74, 6) is 0.536. The van der Waals surface area contributed by atoms with E-state index in [-0.39, 0.29) is 6.10 Å². The zero-order valence-corrected chi connectivity index (χ0v) is 7.27. The fourth-order valence-corrected chi connectivity index (χ4v) is 0.749. The van der Waals surface area contributed by atoms with E-state index in [4.69, 9.17) is 4.74 Å². The number of hydrogen-bond acceptors (Lipinski definition) is 4. The van der Waals surface area contributed by atoms with E-state index < -0.39 is 0 Å². The summed E-state index contributed by atoms with van der Waals surface area (Å²) in [5.41, 5.74) is 0. The van der Waals surface area contributed by atoms with Gasteiger partial charge in [0.2, 0.25) is 5.90 Å². The van der Waals surface area contributed by atoms with Crippen LogP contribution in [0.15, 0.2) is 5.16 Å². The average molecular weight is 174 g/mol. The SMILES string of the molecule is CC(C)OC1=NOC(=S)NC1. The minimum Gasteiger partial charge on any atom is -0.475 e. The van der Waals surface area contributed by atoms with Crippen molar-refractivity contribution in [2.45, 2.75) is 20.0 Å². The maximum atomic E-state index is 5.24. The van der Waals surface area contributed by atoms with Gasteiger partial charge < -0.3 is 14.9 Å². The highest BCUT2D eigenvalue weighted by atomic mass is 32.1. The lowest BCUT2D eigenvalue weighted by molar-refractivity contribution is 0.193. The van der Waals surface area contributed by atoms with Crippen LogP contribution in [0.5, 0.6) is 0 Å². The third-order valence-corrected chi connectivity index (χ3v) is 1.20. The molecule has 1 aliphatic rings. The Morgan fingerprint density at radius 2 is 2.45 bits per heavy atom. The van der Waals surface area contributed by atoms with Crippen molar-refractivity contribution in [1.29, 1.82) is 0 Å². The number of thiocarbonyl (C=S) groups is 1. The van der Waals surface area contributed by atoms with Gasteiger partial charge in [-0.15, -0.1) is 0 Å².